The molecule has 2 aliphatic heterocycles. The summed E-state index contributed by atoms with van der Waals surface area (Å²) in [5.41, 5.74) is 1.54. The number of amides is 2. The van der Waals surface area contributed by atoms with Gasteiger partial charge < -0.3 is 19.9 Å². The first-order chi connectivity index (χ1) is 10.8. The molecule has 23 heavy (non-hydrogen) atoms. The maximum atomic E-state index is 12.4. The van der Waals surface area contributed by atoms with Crippen LogP contribution in [0.15, 0.2) is 24.3 Å². The number of hydrogen-bond donors (Lipinski definition) is 1. The van der Waals surface area contributed by atoms with Crippen molar-refractivity contribution < 1.29 is 14.3 Å². The lowest BCUT2D eigenvalue weighted by molar-refractivity contribution is -0.119. The summed E-state index contributed by atoms with van der Waals surface area (Å²) in [5, 5.41) is 3.15. The number of para-hydroxylation sites is 1. The van der Waals surface area contributed by atoms with Crippen LogP contribution in [0.1, 0.15) is 26.3 Å². The number of ether oxygens (including phenoxy) is 1. The zero-order valence-electron chi connectivity index (χ0n) is 13.8. The van der Waals surface area contributed by atoms with Gasteiger partial charge in [-0.15, -0.1) is 0 Å². The van der Waals surface area contributed by atoms with Gasteiger partial charge in [0, 0.05) is 25.3 Å². The van der Waals surface area contributed by atoms with Crippen LogP contribution in [0.25, 0.3) is 0 Å². The molecule has 1 aromatic carbocycles. The van der Waals surface area contributed by atoms with Crippen molar-refractivity contribution in [3.05, 3.63) is 29.8 Å². The Hall–Kier alpha value is -2.08. The summed E-state index contributed by atoms with van der Waals surface area (Å²) < 4.78 is 5.37. The molecule has 124 valence electrons. The molecule has 2 aliphatic rings. The van der Waals surface area contributed by atoms with Crippen molar-refractivity contribution in [2.45, 2.75) is 39.0 Å². The van der Waals surface area contributed by atoms with Crippen LogP contribution in [0.4, 0.5) is 10.5 Å². The average Bonchev–Trinajstić information content (AvgIpc) is 2.55. The number of hydrogen-bond acceptors (Lipinski definition) is 4. The van der Waals surface area contributed by atoms with Crippen molar-refractivity contribution in [3.8, 4) is 0 Å². The molecule has 2 heterocycles. The van der Waals surface area contributed by atoms with E-state index in [1.807, 2.05) is 49.9 Å². The molecule has 0 saturated carbocycles. The van der Waals surface area contributed by atoms with Gasteiger partial charge in [-0.3, -0.25) is 4.79 Å². The number of likely N-dealkylation sites (tertiary alicyclic amines) is 1. The number of fused-ring (bicyclic) bond motifs is 1. The van der Waals surface area contributed by atoms with Crippen LogP contribution in [-0.2, 0) is 16.1 Å². The van der Waals surface area contributed by atoms with E-state index in [-0.39, 0.29) is 18.0 Å². The van der Waals surface area contributed by atoms with Crippen LogP contribution in [0.2, 0.25) is 0 Å². The van der Waals surface area contributed by atoms with E-state index in [1.54, 1.807) is 4.90 Å². The molecular weight excluding hydrogens is 294 g/mol. The highest BCUT2D eigenvalue weighted by molar-refractivity contribution is 5.97. The topological polar surface area (TPSA) is 61.9 Å². The fourth-order valence-electron chi connectivity index (χ4n) is 2.91. The van der Waals surface area contributed by atoms with E-state index in [0.29, 0.717) is 26.2 Å². The average molecular weight is 317 g/mol. The highest BCUT2D eigenvalue weighted by Gasteiger charge is 2.40. The zero-order valence-corrected chi connectivity index (χ0v) is 13.8. The van der Waals surface area contributed by atoms with Crippen molar-refractivity contribution in [2.75, 3.05) is 24.5 Å². The Labute approximate surface area is 136 Å². The van der Waals surface area contributed by atoms with Crippen LogP contribution in [0.3, 0.4) is 0 Å². The van der Waals surface area contributed by atoms with Gasteiger partial charge in [0.2, 0.25) is 5.91 Å². The third-order valence-corrected chi connectivity index (χ3v) is 3.99. The maximum Gasteiger partial charge on any atom is 0.410 e. The maximum absolute atomic E-state index is 12.4. The molecule has 3 rings (SSSR count). The Bertz CT molecular complexity index is 618. The number of anilines is 1. The smallest absolute Gasteiger partial charge is 0.410 e. The molecule has 0 bridgehead atoms. The van der Waals surface area contributed by atoms with Gasteiger partial charge >= 0.3 is 6.09 Å². The van der Waals surface area contributed by atoms with Gasteiger partial charge in [0.25, 0.3) is 0 Å². The van der Waals surface area contributed by atoms with Gasteiger partial charge in [-0.05, 0) is 32.4 Å². The number of carbonyl (C=O) groups excluding carboxylic acids is 2. The second-order valence-electron chi connectivity index (χ2n) is 7.04. The highest BCUT2D eigenvalue weighted by Crippen LogP contribution is 2.28. The van der Waals surface area contributed by atoms with Crippen molar-refractivity contribution in [1.29, 1.82) is 0 Å². The first-order valence-electron chi connectivity index (χ1n) is 7.94. The van der Waals surface area contributed by atoms with E-state index in [9.17, 15) is 9.59 Å². The molecule has 0 radical (unpaired) electrons. The SMILES string of the molecule is CC(C)(C)OC(=O)N1CC(N2C(=O)CNCc3ccccc32)C1. The molecule has 6 heteroatoms. The molecule has 0 aliphatic carbocycles. The third-order valence-electron chi connectivity index (χ3n) is 3.99. The van der Waals surface area contributed by atoms with Gasteiger partial charge in [-0.2, -0.15) is 0 Å². The van der Waals surface area contributed by atoms with Gasteiger partial charge in [0.05, 0.1) is 12.6 Å². The molecule has 1 fully saturated rings. The fraction of sp³-hybridized carbons (Fsp3) is 0.529. The van der Waals surface area contributed by atoms with Crippen LogP contribution in [0, 0.1) is 0 Å². The number of carbonyl (C=O) groups is 2. The monoisotopic (exact) mass is 317 g/mol. The highest BCUT2D eigenvalue weighted by atomic mass is 16.6. The van der Waals surface area contributed by atoms with Crippen LogP contribution in [-0.4, -0.2) is 48.2 Å². The molecule has 0 unspecified atom stereocenters. The van der Waals surface area contributed by atoms with Gasteiger partial charge in [-0.25, -0.2) is 4.79 Å². The second kappa shape index (κ2) is 5.85. The van der Waals surface area contributed by atoms with Gasteiger partial charge in [0.15, 0.2) is 0 Å². The summed E-state index contributed by atoms with van der Waals surface area (Å²) in [5.74, 6) is 0.0452. The minimum Gasteiger partial charge on any atom is -0.444 e. The molecule has 0 aromatic heterocycles. The molecule has 0 atom stereocenters. The summed E-state index contributed by atoms with van der Waals surface area (Å²) >= 11 is 0. The Kier molecular flexibility index (Phi) is 4.02. The number of nitrogens with zero attached hydrogens (tertiary/aromatic N) is 2. The van der Waals surface area contributed by atoms with Crippen molar-refractivity contribution >= 4 is 17.7 Å². The van der Waals surface area contributed by atoms with Crippen molar-refractivity contribution in [2.24, 2.45) is 0 Å². The number of rotatable bonds is 1. The normalized spacial score (nSPS) is 19.0. The standard InChI is InChI=1S/C17H23N3O3/c1-17(2,3)23-16(22)19-10-13(11-19)20-14-7-5-4-6-12(14)8-18-9-15(20)21/h4-7,13,18H,8-11H2,1-3H3. The predicted octanol–water partition coefficient (Wildman–Crippen LogP) is 1.74. The Morgan fingerprint density at radius 3 is 2.61 bits per heavy atom. The first kappa shape index (κ1) is 15.8. The van der Waals surface area contributed by atoms with E-state index in [0.717, 1.165) is 11.3 Å². The minimum absolute atomic E-state index is 0.0102. The Morgan fingerprint density at radius 2 is 1.91 bits per heavy atom. The van der Waals surface area contributed by atoms with Gasteiger partial charge in [-0.1, -0.05) is 18.2 Å². The van der Waals surface area contributed by atoms with Crippen molar-refractivity contribution in [1.82, 2.24) is 10.2 Å². The van der Waals surface area contributed by atoms with Crippen LogP contribution < -0.4 is 10.2 Å². The van der Waals surface area contributed by atoms with Gasteiger partial charge in [0.1, 0.15) is 5.60 Å². The van der Waals surface area contributed by atoms with Crippen LogP contribution >= 0.6 is 0 Å². The number of nitrogens with one attached hydrogen (secondary N) is 1. The third kappa shape index (κ3) is 3.32. The largest absolute Gasteiger partial charge is 0.444 e. The van der Waals surface area contributed by atoms with E-state index in [4.69, 9.17) is 4.74 Å². The van der Waals surface area contributed by atoms with E-state index in [1.165, 1.54) is 0 Å². The summed E-state index contributed by atoms with van der Waals surface area (Å²) in [7, 11) is 0. The molecule has 6 nitrogen and oxygen atoms in total. The van der Waals surface area contributed by atoms with Crippen molar-refractivity contribution in [3.63, 3.8) is 0 Å². The second-order valence-corrected chi connectivity index (χ2v) is 7.04. The fourth-order valence-corrected chi connectivity index (χ4v) is 2.91. The summed E-state index contributed by atoms with van der Waals surface area (Å²) in [6.45, 7) is 7.57. The lowest BCUT2D eigenvalue weighted by Gasteiger charge is -2.45. The molecule has 1 N–H and O–H groups in total. The summed E-state index contributed by atoms with van der Waals surface area (Å²) in [4.78, 5) is 28.0. The Morgan fingerprint density at radius 1 is 1.22 bits per heavy atom. The Balaban J connectivity index is 1.71. The molecular formula is C17H23N3O3. The molecule has 1 saturated heterocycles. The quantitative estimate of drug-likeness (QED) is 0.857. The minimum atomic E-state index is -0.503. The molecule has 1 aromatic rings. The summed E-state index contributed by atoms with van der Waals surface area (Å²) in [6, 6.07) is 7.92. The lowest BCUT2D eigenvalue weighted by Crippen LogP contribution is -2.63. The van der Waals surface area contributed by atoms with E-state index >= 15 is 0 Å². The predicted molar refractivity (Wildman–Crippen MR) is 87.2 cm³/mol. The molecule has 0 spiro atoms. The van der Waals surface area contributed by atoms with E-state index < -0.39 is 5.60 Å². The lowest BCUT2D eigenvalue weighted by atomic mass is 10.0. The van der Waals surface area contributed by atoms with E-state index in [2.05, 4.69) is 5.32 Å². The number of benzene rings is 1. The van der Waals surface area contributed by atoms with Crippen LogP contribution in [0.5, 0.6) is 0 Å². The summed E-state index contributed by atoms with van der Waals surface area (Å²) in [6.07, 6.45) is -0.317. The first-order valence-corrected chi connectivity index (χ1v) is 7.94. The molecule has 2 amide bonds. The zero-order chi connectivity index (χ0) is 16.6.